The molecule has 0 aromatic carbocycles. The van der Waals surface area contributed by atoms with Crippen molar-refractivity contribution < 1.29 is 0 Å². The van der Waals surface area contributed by atoms with Gasteiger partial charge in [-0.25, -0.2) is 9.97 Å². The molecule has 2 aromatic heterocycles. The third-order valence-corrected chi connectivity index (χ3v) is 3.12. The summed E-state index contributed by atoms with van der Waals surface area (Å²) >= 11 is 0. The summed E-state index contributed by atoms with van der Waals surface area (Å²) in [4.78, 5) is 13.2. The lowest BCUT2D eigenvalue weighted by atomic mass is 10.1. The van der Waals surface area contributed by atoms with E-state index in [1.165, 1.54) is 6.42 Å². The number of aryl methyl sites for hydroxylation is 1. The molecule has 5 nitrogen and oxygen atoms in total. The number of hydrogen-bond acceptors (Lipinski definition) is 4. The molecule has 0 saturated carbocycles. The molecule has 1 atom stereocenters. The van der Waals surface area contributed by atoms with Crippen molar-refractivity contribution in [3.05, 3.63) is 30.5 Å². The average Bonchev–Trinajstić information content (AvgIpc) is 2.99. The van der Waals surface area contributed by atoms with E-state index in [1.54, 1.807) is 12.4 Å². The van der Waals surface area contributed by atoms with Gasteiger partial charge in [-0.05, 0) is 19.4 Å². The maximum absolute atomic E-state index is 4.65. The minimum absolute atomic E-state index is 0.350. The molecule has 1 saturated heterocycles. The first-order valence-electron chi connectivity index (χ1n) is 5.87. The van der Waals surface area contributed by atoms with Crippen LogP contribution >= 0.6 is 0 Å². The zero-order valence-corrected chi connectivity index (χ0v) is 9.80. The van der Waals surface area contributed by atoms with Crippen LogP contribution in [0, 0.1) is 0 Å². The van der Waals surface area contributed by atoms with E-state index >= 15 is 0 Å². The molecule has 1 fully saturated rings. The maximum Gasteiger partial charge on any atom is 0.159 e. The first-order valence-corrected chi connectivity index (χ1v) is 5.87. The molecule has 0 unspecified atom stereocenters. The van der Waals surface area contributed by atoms with Crippen LogP contribution in [0.1, 0.15) is 24.6 Å². The monoisotopic (exact) mass is 229 g/mol. The smallest absolute Gasteiger partial charge is 0.159 e. The lowest BCUT2D eigenvalue weighted by Crippen LogP contribution is -2.15. The number of hydrogen-bond donors (Lipinski definition) is 1. The van der Waals surface area contributed by atoms with Gasteiger partial charge < -0.3 is 9.88 Å². The van der Waals surface area contributed by atoms with Crippen LogP contribution in [0.2, 0.25) is 0 Å². The Morgan fingerprint density at radius 2 is 2.35 bits per heavy atom. The Morgan fingerprint density at radius 1 is 1.41 bits per heavy atom. The topological polar surface area (TPSA) is 55.6 Å². The van der Waals surface area contributed by atoms with E-state index < -0.39 is 0 Å². The molecular weight excluding hydrogens is 214 g/mol. The molecule has 0 amide bonds. The Hall–Kier alpha value is -1.75. The van der Waals surface area contributed by atoms with Gasteiger partial charge in [0.25, 0.3) is 0 Å². The highest BCUT2D eigenvalue weighted by Crippen LogP contribution is 2.22. The molecule has 0 bridgehead atoms. The minimum atomic E-state index is 0.350. The fourth-order valence-electron chi connectivity index (χ4n) is 2.21. The summed E-state index contributed by atoms with van der Waals surface area (Å²) in [6.45, 7) is 1.07. The largest absolute Gasteiger partial charge is 0.333 e. The van der Waals surface area contributed by atoms with Gasteiger partial charge in [0, 0.05) is 19.4 Å². The molecule has 1 aliphatic rings. The Bertz CT molecular complexity index is 513. The summed E-state index contributed by atoms with van der Waals surface area (Å²) in [6, 6.07) is 0.350. The van der Waals surface area contributed by atoms with Crippen LogP contribution in [0.25, 0.3) is 11.5 Å². The van der Waals surface area contributed by atoms with Gasteiger partial charge in [-0.3, -0.25) is 4.98 Å². The van der Waals surface area contributed by atoms with Gasteiger partial charge in [-0.2, -0.15) is 0 Å². The van der Waals surface area contributed by atoms with Gasteiger partial charge in [0.05, 0.1) is 24.1 Å². The Morgan fingerprint density at radius 3 is 3.06 bits per heavy atom. The molecule has 3 rings (SSSR count). The summed E-state index contributed by atoms with van der Waals surface area (Å²) in [6.07, 6.45) is 9.64. The third kappa shape index (κ3) is 1.93. The van der Waals surface area contributed by atoms with Crippen molar-refractivity contribution in [2.45, 2.75) is 18.9 Å². The molecule has 5 heteroatoms. The van der Waals surface area contributed by atoms with Crippen molar-refractivity contribution >= 4 is 0 Å². The zero-order chi connectivity index (χ0) is 11.7. The maximum atomic E-state index is 4.65. The lowest BCUT2D eigenvalue weighted by molar-refractivity contribution is 0.624. The highest BCUT2D eigenvalue weighted by molar-refractivity contribution is 5.48. The van der Waals surface area contributed by atoms with Crippen LogP contribution in [0.4, 0.5) is 0 Å². The highest BCUT2D eigenvalue weighted by Gasteiger charge is 2.18. The molecule has 2 aromatic rings. The highest BCUT2D eigenvalue weighted by atomic mass is 15.1. The van der Waals surface area contributed by atoms with Crippen molar-refractivity contribution in [3.63, 3.8) is 0 Å². The molecular formula is C12H15N5. The van der Waals surface area contributed by atoms with Crippen LogP contribution < -0.4 is 5.32 Å². The van der Waals surface area contributed by atoms with Crippen molar-refractivity contribution in [2.24, 2.45) is 7.05 Å². The van der Waals surface area contributed by atoms with Crippen LogP contribution in [0.15, 0.2) is 24.8 Å². The zero-order valence-electron chi connectivity index (χ0n) is 9.80. The predicted octanol–water partition coefficient (Wildman–Crippen LogP) is 1.30. The van der Waals surface area contributed by atoms with E-state index in [2.05, 4.69) is 20.3 Å². The van der Waals surface area contributed by atoms with Gasteiger partial charge in [-0.15, -0.1) is 0 Å². The van der Waals surface area contributed by atoms with Crippen molar-refractivity contribution in [1.29, 1.82) is 0 Å². The standard InChI is InChI=1S/C12H15N5/c1-17-6-5-15-12(17)11-8-13-7-10(16-11)9-3-2-4-14-9/h5-9,14H,2-4H2,1H3/t9-/m1/s1. The fraction of sp³-hybridized carbons (Fsp3) is 0.417. The van der Waals surface area contributed by atoms with Gasteiger partial charge in [-0.1, -0.05) is 0 Å². The van der Waals surface area contributed by atoms with Gasteiger partial charge in [0.1, 0.15) is 5.69 Å². The molecule has 1 aliphatic heterocycles. The Kier molecular flexibility index (Phi) is 2.60. The van der Waals surface area contributed by atoms with E-state index in [-0.39, 0.29) is 0 Å². The Balaban J connectivity index is 1.96. The number of nitrogens with one attached hydrogen (secondary N) is 1. The fourth-order valence-corrected chi connectivity index (χ4v) is 2.21. The quantitative estimate of drug-likeness (QED) is 0.843. The van der Waals surface area contributed by atoms with Gasteiger partial charge in [0.15, 0.2) is 5.82 Å². The van der Waals surface area contributed by atoms with E-state index in [0.29, 0.717) is 6.04 Å². The lowest BCUT2D eigenvalue weighted by Gasteiger charge is -2.10. The summed E-state index contributed by atoms with van der Waals surface area (Å²) in [5.41, 5.74) is 1.85. The second-order valence-corrected chi connectivity index (χ2v) is 4.34. The normalized spacial score (nSPS) is 19.7. The van der Waals surface area contributed by atoms with E-state index in [0.717, 1.165) is 30.2 Å². The molecule has 1 N–H and O–H groups in total. The van der Waals surface area contributed by atoms with Gasteiger partial charge >= 0.3 is 0 Å². The summed E-state index contributed by atoms with van der Waals surface area (Å²) < 4.78 is 1.95. The van der Waals surface area contributed by atoms with Crippen molar-refractivity contribution in [3.8, 4) is 11.5 Å². The molecule has 0 spiro atoms. The molecule has 0 aliphatic carbocycles. The molecule has 0 radical (unpaired) electrons. The molecule has 88 valence electrons. The second kappa shape index (κ2) is 4.25. The first-order chi connectivity index (χ1) is 8.34. The van der Waals surface area contributed by atoms with E-state index in [4.69, 9.17) is 0 Å². The van der Waals surface area contributed by atoms with Crippen LogP contribution in [0.5, 0.6) is 0 Å². The van der Waals surface area contributed by atoms with Crippen LogP contribution in [-0.2, 0) is 7.05 Å². The second-order valence-electron chi connectivity index (χ2n) is 4.34. The summed E-state index contributed by atoms with van der Waals surface area (Å²) in [5, 5.41) is 3.43. The third-order valence-electron chi connectivity index (χ3n) is 3.12. The average molecular weight is 229 g/mol. The Labute approximate surface area is 99.9 Å². The van der Waals surface area contributed by atoms with Crippen molar-refractivity contribution in [1.82, 2.24) is 24.8 Å². The summed E-state index contributed by atoms with van der Waals surface area (Å²) in [5.74, 6) is 0.859. The SMILES string of the molecule is Cn1ccnc1-c1cncc([C@H]2CCCN2)n1. The van der Waals surface area contributed by atoms with E-state index in [9.17, 15) is 0 Å². The van der Waals surface area contributed by atoms with Crippen LogP contribution in [0.3, 0.4) is 0 Å². The number of rotatable bonds is 2. The van der Waals surface area contributed by atoms with E-state index in [1.807, 2.05) is 24.0 Å². The predicted molar refractivity (Wildman–Crippen MR) is 64.2 cm³/mol. The number of imidazole rings is 1. The number of nitrogens with zero attached hydrogens (tertiary/aromatic N) is 4. The van der Waals surface area contributed by atoms with Crippen LogP contribution in [-0.4, -0.2) is 26.1 Å². The van der Waals surface area contributed by atoms with Crippen molar-refractivity contribution in [2.75, 3.05) is 6.54 Å². The molecule has 17 heavy (non-hydrogen) atoms. The first kappa shape index (κ1) is 10.4. The molecule has 3 heterocycles. The minimum Gasteiger partial charge on any atom is -0.333 e. The van der Waals surface area contributed by atoms with Gasteiger partial charge in [0.2, 0.25) is 0 Å². The number of aromatic nitrogens is 4. The summed E-state index contributed by atoms with van der Waals surface area (Å²) in [7, 11) is 1.96.